The number of rotatable bonds is 10. The maximum atomic E-state index is 15.4. The molecule has 2 heterocycles. The first-order valence-corrected chi connectivity index (χ1v) is 12.6. The van der Waals surface area contributed by atoms with Crippen LogP contribution in [0.4, 0.5) is 9.18 Å². The number of para-hydroxylation sites is 1. The number of ether oxygens (including phenoxy) is 2. The number of aliphatic hydroxyl groups is 1. The maximum absolute atomic E-state index is 15.4. The number of urea groups is 1. The second-order valence-corrected chi connectivity index (χ2v) is 9.91. The molecule has 194 valence electrons. The van der Waals surface area contributed by atoms with Crippen LogP contribution < -0.4 is 14.9 Å². The van der Waals surface area contributed by atoms with Gasteiger partial charge < -0.3 is 19.1 Å². The number of nitrogens with one attached hydrogen (secondary N) is 2. The number of alkyl halides is 1. The molecule has 0 saturated carbocycles. The predicted molar refractivity (Wildman–Crippen MR) is 119 cm³/mol. The van der Waals surface area contributed by atoms with Crippen molar-refractivity contribution in [1.29, 1.82) is 0 Å². The normalized spacial score (nSPS) is 29.3. The minimum Gasteiger partial charge on any atom is -0.465 e. The van der Waals surface area contributed by atoms with E-state index in [1.54, 1.807) is 25.1 Å². The minimum absolute atomic E-state index is 0.0608. The third-order valence-corrected chi connectivity index (χ3v) is 7.10. The summed E-state index contributed by atoms with van der Waals surface area (Å²) in [6.45, 7) is 3.44. The van der Waals surface area contributed by atoms with E-state index in [-0.39, 0.29) is 25.3 Å². The number of hydrogen-bond donors (Lipinski definition) is 3. The Morgan fingerprint density at radius 1 is 1.40 bits per heavy atom. The van der Waals surface area contributed by atoms with Gasteiger partial charge in [0.25, 0.3) is 0 Å². The molecule has 1 unspecified atom stereocenters. The highest BCUT2D eigenvalue weighted by atomic mass is 31.2. The topological polar surface area (TPSA) is 153 Å². The molecule has 2 aliphatic rings. The van der Waals surface area contributed by atoms with Gasteiger partial charge in [-0.3, -0.25) is 24.3 Å². The van der Waals surface area contributed by atoms with Crippen molar-refractivity contribution < 1.29 is 47.0 Å². The molecule has 0 radical (unpaired) electrons. The molecule has 12 nitrogen and oxygen atoms in total. The molecular formula is C21H29FN3O9P. The van der Waals surface area contributed by atoms with Gasteiger partial charge in [0.1, 0.15) is 24.0 Å². The smallest absolute Gasteiger partial charge is 0.459 e. The molecule has 0 aromatic heterocycles. The van der Waals surface area contributed by atoms with Gasteiger partial charge in [0.15, 0.2) is 11.9 Å². The summed E-state index contributed by atoms with van der Waals surface area (Å²) in [5.74, 6) is -1.05. The second-order valence-electron chi connectivity index (χ2n) is 8.22. The highest BCUT2D eigenvalue weighted by Crippen LogP contribution is 2.46. The first-order chi connectivity index (χ1) is 16.5. The molecule has 2 fully saturated rings. The lowest BCUT2D eigenvalue weighted by Crippen LogP contribution is -2.59. The van der Waals surface area contributed by atoms with Crippen LogP contribution >= 0.6 is 7.75 Å². The van der Waals surface area contributed by atoms with E-state index < -0.39 is 62.4 Å². The highest BCUT2D eigenvalue weighted by molar-refractivity contribution is 7.52. The van der Waals surface area contributed by atoms with Gasteiger partial charge in [0, 0.05) is 13.0 Å². The summed E-state index contributed by atoms with van der Waals surface area (Å²) < 4.78 is 50.3. The molecule has 1 aromatic carbocycles. The lowest BCUT2D eigenvalue weighted by molar-refractivity contribution is -0.144. The summed E-state index contributed by atoms with van der Waals surface area (Å²) in [5, 5.41) is 15.1. The Kier molecular flexibility index (Phi) is 8.50. The largest absolute Gasteiger partial charge is 0.465 e. The van der Waals surface area contributed by atoms with Gasteiger partial charge in [0.2, 0.25) is 5.91 Å². The van der Waals surface area contributed by atoms with Gasteiger partial charge in [-0.05, 0) is 32.9 Å². The Morgan fingerprint density at radius 2 is 2.09 bits per heavy atom. The lowest BCUT2D eigenvalue weighted by atomic mass is 9.97. The summed E-state index contributed by atoms with van der Waals surface area (Å²) in [7, 11) is -4.27. The van der Waals surface area contributed by atoms with Crippen molar-refractivity contribution in [3.8, 4) is 5.75 Å². The second kappa shape index (κ2) is 11.0. The number of amides is 3. The number of carbonyl (C=O) groups excluding carboxylic acids is 3. The van der Waals surface area contributed by atoms with Gasteiger partial charge in [0.05, 0.1) is 13.2 Å². The number of halogens is 1. The summed E-state index contributed by atoms with van der Waals surface area (Å²) in [4.78, 5) is 36.6. The van der Waals surface area contributed by atoms with Crippen LogP contribution in [0, 0.1) is 0 Å². The van der Waals surface area contributed by atoms with Crippen LogP contribution in [-0.4, -0.2) is 77.8 Å². The third-order valence-electron chi connectivity index (χ3n) is 5.46. The van der Waals surface area contributed by atoms with Gasteiger partial charge in [-0.25, -0.2) is 13.8 Å². The number of benzene rings is 1. The molecule has 0 spiro atoms. The third kappa shape index (κ3) is 6.36. The molecule has 0 aliphatic carbocycles. The van der Waals surface area contributed by atoms with Crippen molar-refractivity contribution in [2.45, 2.75) is 57.3 Å². The summed E-state index contributed by atoms with van der Waals surface area (Å²) >= 11 is 0. The number of nitrogens with zero attached hydrogens (tertiary/aromatic N) is 1. The molecule has 3 amide bonds. The van der Waals surface area contributed by atoms with Crippen molar-refractivity contribution in [3.63, 3.8) is 0 Å². The van der Waals surface area contributed by atoms with Gasteiger partial charge in [-0.1, -0.05) is 18.2 Å². The van der Waals surface area contributed by atoms with Crippen LogP contribution in [0.25, 0.3) is 0 Å². The van der Waals surface area contributed by atoms with E-state index in [0.717, 1.165) is 11.8 Å². The minimum atomic E-state index is -4.27. The monoisotopic (exact) mass is 517 g/mol. The van der Waals surface area contributed by atoms with Crippen LogP contribution in [0.5, 0.6) is 5.75 Å². The number of carbonyl (C=O) groups is 3. The fraction of sp³-hybridized carbons (Fsp3) is 0.571. The standard InChI is InChI=1S/C21H29FN3O9P/c1-4-31-18(28)13(2)24-35(30,34-14-8-6-5-7-9-14)32-12-15-17(27)21(3,22)19(33-15)25-11-10-16(26)23-20(25)29/h5-9,13,15,17,19,27H,4,10-12H2,1-3H3,(H,24,30)(H,23,26,29)/t13-,15+,17+,19+,21+,35?/m0/s1. The number of imide groups is 1. The van der Waals surface area contributed by atoms with Gasteiger partial charge >= 0.3 is 19.7 Å². The van der Waals surface area contributed by atoms with Crippen molar-refractivity contribution >= 4 is 25.7 Å². The van der Waals surface area contributed by atoms with Gasteiger partial charge in [-0.2, -0.15) is 5.09 Å². The lowest BCUT2D eigenvalue weighted by Gasteiger charge is -2.35. The molecule has 0 bridgehead atoms. The van der Waals surface area contributed by atoms with Crippen molar-refractivity contribution in [1.82, 2.24) is 15.3 Å². The molecular weight excluding hydrogens is 488 g/mol. The first-order valence-electron chi connectivity index (χ1n) is 11.0. The zero-order valence-corrected chi connectivity index (χ0v) is 20.4. The van der Waals surface area contributed by atoms with Crippen LogP contribution in [0.15, 0.2) is 30.3 Å². The number of hydrogen-bond acceptors (Lipinski definition) is 9. The quantitative estimate of drug-likeness (QED) is 0.307. The molecule has 35 heavy (non-hydrogen) atoms. The molecule has 3 N–H and O–H groups in total. The Balaban J connectivity index is 1.74. The number of esters is 1. The van der Waals surface area contributed by atoms with Crippen LogP contribution in [0.2, 0.25) is 0 Å². The Bertz CT molecular complexity index is 980. The zero-order valence-electron chi connectivity index (χ0n) is 19.5. The van der Waals surface area contributed by atoms with Crippen molar-refractivity contribution in [3.05, 3.63) is 30.3 Å². The zero-order chi connectivity index (χ0) is 25.8. The van der Waals surface area contributed by atoms with Crippen LogP contribution in [0.1, 0.15) is 27.2 Å². The molecule has 1 aromatic rings. The van der Waals surface area contributed by atoms with E-state index in [1.807, 2.05) is 0 Å². The summed E-state index contributed by atoms with van der Waals surface area (Å²) in [6.07, 6.45) is -4.71. The van der Waals surface area contributed by atoms with E-state index in [1.165, 1.54) is 19.1 Å². The van der Waals surface area contributed by atoms with Crippen LogP contribution in [-0.2, 0) is 28.2 Å². The highest BCUT2D eigenvalue weighted by Gasteiger charge is 2.58. The predicted octanol–water partition coefficient (Wildman–Crippen LogP) is 1.49. The fourth-order valence-electron chi connectivity index (χ4n) is 3.63. The molecule has 14 heteroatoms. The Hall–Kier alpha value is -2.57. The molecule has 6 atom stereocenters. The van der Waals surface area contributed by atoms with Crippen molar-refractivity contribution in [2.75, 3.05) is 19.8 Å². The van der Waals surface area contributed by atoms with E-state index in [9.17, 15) is 24.1 Å². The Morgan fingerprint density at radius 3 is 2.71 bits per heavy atom. The SMILES string of the molecule is CCOC(=O)[C@H](C)NP(=O)(OC[C@H]1O[C@@H](N2CCC(=O)NC2=O)[C@](C)(F)[C@@H]1O)Oc1ccccc1. The maximum Gasteiger partial charge on any atom is 0.459 e. The fourth-order valence-corrected chi connectivity index (χ4v) is 5.13. The Labute approximate surface area is 201 Å². The molecule has 3 rings (SSSR count). The van der Waals surface area contributed by atoms with Crippen molar-refractivity contribution in [2.24, 2.45) is 0 Å². The van der Waals surface area contributed by atoms with Crippen LogP contribution in [0.3, 0.4) is 0 Å². The van der Waals surface area contributed by atoms with Gasteiger partial charge in [-0.15, -0.1) is 0 Å². The number of aliphatic hydroxyl groups excluding tert-OH is 1. The molecule has 2 aliphatic heterocycles. The average molecular weight is 517 g/mol. The summed E-state index contributed by atoms with van der Waals surface area (Å²) in [5.41, 5.74) is -2.43. The average Bonchev–Trinajstić information content (AvgIpc) is 3.02. The molecule has 2 saturated heterocycles. The van der Waals surface area contributed by atoms with E-state index >= 15 is 4.39 Å². The first kappa shape index (κ1) is 27.0. The van der Waals surface area contributed by atoms with E-state index in [2.05, 4.69) is 10.4 Å². The summed E-state index contributed by atoms with van der Waals surface area (Å²) in [6, 6.07) is 6.05. The van der Waals surface area contributed by atoms with E-state index in [0.29, 0.717) is 0 Å². The van der Waals surface area contributed by atoms with E-state index in [4.69, 9.17) is 18.5 Å².